The van der Waals surface area contributed by atoms with Crippen molar-refractivity contribution in [2.24, 2.45) is 0 Å². The van der Waals surface area contributed by atoms with Gasteiger partial charge in [0.2, 0.25) is 0 Å². The predicted molar refractivity (Wildman–Crippen MR) is 136 cm³/mol. The molecule has 0 amide bonds. The number of hydrogen-bond acceptors (Lipinski definition) is 6. The molecule has 0 atom stereocenters. The number of ketones is 1. The zero-order valence-electron chi connectivity index (χ0n) is 18.3. The molecule has 0 spiro atoms. The van der Waals surface area contributed by atoms with Crippen molar-refractivity contribution in [2.45, 2.75) is 12.8 Å². The van der Waals surface area contributed by atoms with Gasteiger partial charge in [-0.2, -0.15) is 0 Å². The van der Waals surface area contributed by atoms with Crippen LogP contribution < -0.4 is 5.56 Å². The van der Waals surface area contributed by atoms with Gasteiger partial charge in [0.1, 0.15) is 5.75 Å². The molecule has 0 saturated heterocycles. The number of rotatable bonds is 7. The number of benzene rings is 2. The number of carbonyl (C=O) groups excluding carboxylic acids is 1. The third-order valence-electron chi connectivity index (χ3n) is 5.50. The quantitative estimate of drug-likeness (QED) is 0.304. The molecule has 0 aliphatic carbocycles. The van der Waals surface area contributed by atoms with Crippen LogP contribution >= 0.6 is 22.9 Å². The van der Waals surface area contributed by atoms with E-state index in [1.165, 1.54) is 17.4 Å². The Morgan fingerprint density at radius 2 is 1.86 bits per heavy atom. The van der Waals surface area contributed by atoms with Gasteiger partial charge in [-0.05, 0) is 54.1 Å². The lowest BCUT2D eigenvalue weighted by Gasteiger charge is -2.13. The van der Waals surface area contributed by atoms with Gasteiger partial charge in [0.05, 0.1) is 26.8 Å². The lowest BCUT2D eigenvalue weighted by atomic mass is 10.0. The van der Waals surface area contributed by atoms with E-state index in [1.54, 1.807) is 70.2 Å². The third-order valence-corrected chi connectivity index (χ3v) is 6.78. The second kappa shape index (κ2) is 9.69. The summed E-state index contributed by atoms with van der Waals surface area (Å²) in [5.74, 6) is 0.171. The van der Waals surface area contributed by atoms with E-state index < -0.39 is 0 Å². The lowest BCUT2D eigenvalue weighted by Crippen LogP contribution is -2.15. The van der Waals surface area contributed by atoms with Crippen molar-refractivity contribution in [1.82, 2.24) is 19.6 Å². The topological polar surface area (TPSA) is 90.0 Å². The Balaban J connectivity index is 1.48. The van der Waals surface area contributed by atoms with Crippen LogP contribution in [0.2, 0.25) is 4.34 Å². The first-order valence-corrected chi connectivity index (χ1v) is 12.0. The molecule has 0 unspecified atom stereocenters. The van der Waals surface area contributed by atoms with Gasteiger partial charge in [-0.15, -0.1) is 16.4 Å². The van der Waals surface area contributed by atoms with Gasteiger partial charge >= 0.3 is 0 Å². The minimum atomic E-state index is -0.142. The summed E-state index contributed by atoms with van der Waals surface area (Å²) in [5.41, 5.74) is 3.63. The van der Waals surface area contributed by atoms with E-state index in [1.807, 2.05) is 18.2 Å². The number of hydrogen-bond donors (Lipinski definition) is 1. The first-order valence-electron chi connectivity index (χ1n) is 10.8. The first-order chi connectivity index (χ1) is 17.0. The van der Waals surface area contributed by atoms with Crippen molar-refractivity contribution in [3.8, 4) is 28.3 Å². The summed E-state index contributed by atoms with van der Waals surface area (Å²) in [6, 6.07) is 20.9. The summed E-state index contributed by atoms with van der Waals surface area (Å²) in [7, 11) is 0. The Kier molecular flexibility index (Phi) is 6.31. The van der Waals surface area contributed by atoms with Crippen molar-refractivity contribution in [2.75, 3.05) is 0 Å². The SMILES string of the molecule is O=C(CCc1cn(-c2ccc(-n3ccccc3=O)cc2-c2ccc(O)cc2)nn1)c1ccc(Cl)s1. The third kappa shape index (κ3) is 4.94. The predicted octanol–water partition coefficient (Wildman–Crippen LogP) is 5.32. The average molecular weight is 503 g/mol. The molecule has 35 heavy (non-hydrogen) atoms. The van der Waals surface area contributed by atoms with E-state index in [0.29, 0.717) is 33.4 Å². The number of phenolic OH excluding ortho intramolecular Hbond substituents is 1. The highest BCUT2D eigenvalue weighted by atomic mass is 35.5. The fourth-order valence-corrected chi connectivity index (χ4v) is 4.76. The molecule has 1 N–H and O–H groups in total. The van der Waals surface area contributed by atoms with Crippen LogP contribution in [0.3, 0.4) is 0 Å². The first kappa shape index (κ1) is 22.8. The molecule has 0 aliphatic heterocycles. The molecule has 2 aromatic carbocycles. The summed E-state index contributed by atoms with van der Waals surface area (Å²) < 4.78 is 3.80. The number of halogens is 1. The molecule has 3 aromatic heterocycles. The summed E-state index contributed by atoms with van der Waals surface area (Å²) in [6.07, 6.45) is 4.25. The molecule has 0 bridgehead atoms. The van der Waals surface area contributed by atoms with Crippen LogP contribution in [0.1, 0.15) is 21.8 Å². The minimum absolute atomic E-state index is 0.0129. The van der Waals surface area contributed by atoms with Gasteiger partial charge in [0, 0.05) is 36.4 Å². The molecule has 9 heteroatoms. The maximum absolute atomic E-state index is 12.4. The van der Waals surface area contributed by atoms with E-state index in [2.05, 4.69) is 10.3 Å². The summed E-state index contributed by atoms with van der Waals surface area (Å²) in [6.45, 7) is 0. The highest BCUT2D eigenvalue weighted by Gasteiger charge is 2.14. The molecule has 7 nitrogen and oxygen atoms in total. The molecular formula is C26H19ClN4O3S. The second-order valence-electron chi connectivity index (χ2n) is 7.84. The fraction of sp³-hybridized carbons (Fsp3) is 0.0769. The van der Waals surface area contributed by atoms with E-state index in [0.717, 1.165) is 16.8 Å². The highest BCUT2D eigenvalue weighted by molar-refractivity contribution is 7.18. The van der Waals surface area contributed by atoms with Gasteiger partial charge in [-0.25, -0.2) is 4.68 Å². The Morgan fingerprint density at radius 3 is 2.60 bits per heavy atom. The zero-order chi connectivity index (χ0) is 24.4. The van der Waals surface area contributed by atoms with Crippen LogP contribution in [0, 0.1) is 0 Å². The number of aryl methyl sites for hydroxylation is 1. The zero-order valence-corrected chi connectivity index (χ0v) is 19.9. The maximum atomic E-state index is 12.4. The second-order valence-corrected chi connectivity index (χ2v) is 9.55. The summed E-state index contributed by atoms with van der Waals surface area (Å²) >= 11 is 7.20. The summed E-state index contributed by atoms with van der Waals surface area (Å²) in [5, 5.41) is 18.3. The van der Waals surface area contributed by atoms with E-state index in [9.17, 15) is 14.7 Å². The van der Waals surface area contributed by atoms with E-state index >= 15 is 0 Å². The van der Waals surface area contributed by atoms with Crippen LogP contribution in [0.4, 0.5) is 0 Å². The molecule has 0 aliphatic rings. The van der Waals surface area contributed by atoms with Crippen LogP contribution in [-0.2, 0) is 6.42 Å². The van der Waals surface area contributed by atoms with Gasteiger partial charge in [-0.1, -0.05) is 35.0 Å². The number of aromatic hydroxyl groups is 1. The molecule has 174 valence electrons. The Bertz CT molecular complexity index is 1570. The van der Waals surface area contributed by atoms with E-state index in [4.69, 9.17) is 11.6 Å². The number of Topliss-reactive ketones (excluding diaryl/α,β-unsaturated/α-hetero) is 1. The van der Waals surface area contributed by atoms with Crippen molar-refractivity contribution >= 4 is 28.7 Å². The molecule has 0 saturated carbocycles. The van der Waals surface area contributed by atoms with Crippen molar-refractivity contribution in [3.05, 3.63) is 110 Å². The standard InChI is InChI=1S/C26H19ClN4O3S/c27-25-13-12-24(35-25)23(33)11-6-18-16-31(29-28-18)22-10-7-19(30-14-2-1-3-26(30)34)15-21(22)17-4-8-20(32)9-5-17/h1-5,7-10,12-16,32H,6,11H2. The molecule has 3 heterocycles. The Hall–Kier alpha value is -4.01. The van der Waals surface area contributed by atoms with Crippen molar-refractivity contribution in [1.29, 1.82) is 0 Å². The normalized spacial score (nSPS) is 11.0. The van der Waals surface area contributed by atoms with E-state index in [-0.39, 0.29) is 17.1 Å². The van der Waals surface area contributed by atoms with Crippen LogP contribution in [-0.4, -0.2) is 30.5 Å². The molecule has 0 radical (unpaired) electrons. The number of nitrogens with zero attached hydrogens (tertiary/aromatic N) is 4. The number of phenols is 1. The van der Waals surface area contributed by atoms with Crippen molar-refractivity contribution < 1.29 is 9.90 Å². The molecule has 5 rings (SSSR count). The Morgan fingerprint density at radius 1 is 1.03 bits per heavy atom. The van der Waals surface area contributed by atoms with Gasteiger partial charge in [-0.3, -0.25) is 14.2 Å². The van der Waals surface area contributed by atoms with Crippen LogP contribution in [0.5, 0.6) is 5.75 Å². The largest absolute Gasteiger partial charge is 0.508 e. The summed E-state index contributed by atoms with van der Waals surface area (Å²) in [4.78, 5) is 25.4. The molecule has 0 fully saturated rings. The van der Waals surface area contributed by atoms with Gasteiger partial charge in [0.25, 0.3) is 5.56 Å². The number of carbonyl (C=O) groups is 1. The Labute approximate surface area is 209 Å². The highest BCUT2D eigenvalue weighted by Crippen LogP contribution is 2.30. The molecular weight excluding hydrogens is 484 g/mol. The van der Waals surface area contributed by atoms with Crippen LogP contribution in [0.15, 0.2) is 90.0 Å². The fourth-order valence-electron chi connectivity index (χ4n) is 3.75. The number of pyridine rings is 1. The minimum Gasteiger partial charge on any atom is -0.508 e. The van der Waals surface area contributed by atoms with Gasteiger partial charge in [0.15, 0.2) is 5.78 Å². The van der Waals surface area contributed by atoms with Gasteiger partial charge < -0.3 is 5.11 Å². The smallest absolute Gasteiger partial charge is 0.255 e. The van der Waals surface area contributed by atoms with Crippen LogP contribution in [0.25, 0.3) is 22.5 Å². The average Bonchev–Trinajstić information content (AvgIpc) is 3.52. The maximum Gasteiger partial charge on any atom is 0.255 e. The van der Waals surface area contributed by atoms with Crippen molar-refractivity contribution in [3.63, 3.8) is 0 Å². The molecule has 5 aromatic rings. The number of aromatic nitrogens is 4. The number of thiophene rings is 1. The lowest BCUT2D eigenvalue weighted by molar-refractivity contribution is 0.0986. The monoisotopic (exact) mass is 502 g/mol.